The zero-order chi connectivity index (χ0) is 52.8. The van der Waals surface area contributed by atoms with Gasteiger partial charge in [-0.3, -0.25) is 4.39 Å². The number of aromatic hydroxyl groups is 3. The first-order valence-corrected chi connectivity index (χ1v) is 23.3. The molecule has 0 fully saturated rings. The molecule has 6 aromatic carbocycles. The van der Waals surface area contributed by atoms with E-state index in [2.05, 4.69) is 41.5 Å². The quantitative estimate of drug-likeness (QED) is 0.117. The van der Waals surface area contributed by atoms with E-state index in [9.17, 15) is 19.7 Å². The highest BCUT2D eigenvalue weighted by Gasteiger charge is 2.30. The molecule has 8 nitrogen and oxygen atoms in total. The molecule has 0 bridgehead atoms. The first-order valence-electron chi connectivity index (χ1n) is 23.5. The standard InChI is InChI=1S/C29H36O4.C22H30O4.C7H7Cl.CH3F/c1-28(2,3)24-16-20(31-7)14-22(26(24)30)23-15-21(32-8)17-25(29(4,5)6)27(23)33-18-19-12-10-9-11-13-19;1-21(2,3)17-11-13(25-7)9-15(19(17)23)16-10-14(26-8)12-18(20(16)24)22(4,5)6;8-6-7-4-2-1-3-5-7;1-2/h9-17,30H,18H2,1-8H3;9-12,23-24H,1-8H3;1-5H,6H2;1H3/i;;;1D. The molecule has 0 amide bonds. The van der Waals surface area contributed by atoms with E-state index in [1.54, 1.807) is 40.6 Å². The lowest BCUT2D eigenvalue weighted by atomic mass is 9.81. The lowest BCUT2D eigenvalue weighted by Gasteiger charge is -2.28. The molecule has 0 aliphatic rings. The molecule has 0 saturated carbocycles. The van der Waals surface area contributed by atoms with Gasteiger partial charge in [-0.05, 0) is 81.3 Å². The first kappa shape index (κ1) is 55.5. The fourth-order valence-corrected chi connectivity index (χ4v) is 7.62. The molecule has 0 atom stereocenters. The molecule has 0 aliphatic carbocycles. The summed E-state index contributed by atoms with van der Waals surface area (Å²) in [7, 11) is 5.48. The second-order valence-corrected chi connectivity index (χ2v) is 20.9. The van der Waals surface area contributed by atoms with Gasteiger partial charge in [0.2, 0.25) is 0 Å². The molecular weight excluding hydrogens is 891 g/mol. The number of phenolic OH excluding ortho intramolecular Hbond substituents is 3. The van der Waals surface area contributed by atoms with Gasteiger partial charge in [-0.25, -0.2) is 0 Å². The molecule has 0 radical (unpaired) electrons. The summed E-state index contributed by atoms with van der Waals surface area (Å²) in [5.41, 5.74) is 7.01. The summed E-state index contributed by atoms with van der Waals surface area (Å²) in [5, 5.41) is 33.4. The number of hydrogen-bond donors (Lipinski definition) is 3. The number of ether oxygens (including phenoxy) is 5. The van der Waals surface area contributed by atoms with E-state index in [0.717, 1.165) is 39.1 Å². The number of halogens is 2. The molecule has 0 aliphatic heterocycles. The van der Waals surface area contributed by atoms with E-state index in [1.165, 1.54) is 5.56 Å². The van der Waals surface area contributed by atoms with Gasteiger partial charge in [-0.2, -0.15) is 0 Å². The van der Waals surface area contributed by atoms with Crippen molar-refractivity contribution in [1.82, 2.24) is 0 Å². The van der Waals surface area contributed by atoms with Crippen molar-refractivity contribution >= 4 is 11.6 Å². The normalized spacial score (nSPS) is 11.6. The Hall–Kier alpha value is -6.06. The summed E-state index contributed by atoms with van der Waals surface area (Å²) in [6, 6.07) is 34.9. The zero-order valence-corrected chi connectivity index (χ0v) is 44.4. The monoisotopic (exact) mass is 968 g/mol. The van der Waals surface area contributed by atoms with Gasteiger partial charge in [0.1, 0.15) is 52.6 Å². The van der Waals surface area contributed by atoms with E-state index in [4.69, 9.17) is 36.7 Å². The van der Waals surface area contributed by atoms with Crippen LogP contribution in [0.1, 0.15) is 118 Å². The molecule has 3 N–H and O–H groups in total. The molecule has 6 rings (SSSR count). The van der Waals surface area contributed by atoms with Crippen molar-refractivity contribution in [3.05, 3.63) is 143 Å². The maximum absolute atomic E-state index is 11.4. The summed E-state index contributed by atoms with van der Waals surface area (Å²) in [6.45, 7) is 25.2. The minimum atomic E-state index is -1.00. The van der Waals surface area contributed by atoms with E-state index >= 15 is 0 Å². The van der Waals surface area contributed by atoms with Crippen molar-refractivity contribution in [2.45, 2.75) is 117 Å². The van der Waals surface area contributed by atoms with Crippen molar-refractivity contribution < 1.29 is 44.8 Å². The maximum atomic E-state index is 11.4. The summed E-state index contributed by atoms with van der Waals surface area (Å²) >= 11 is 5.53. The molecule has 0 unspecified atom stereocenters. The summed E-state index contributed by atoms with van der Waals surface area (Å²) in [4.78, 5) is 0. The van der Waals surface area contributed by atoms with Gasteiger partial charge in [0, 0.05) is 50.4 Å². The third-order valence-electron chi connectivity index (χ3n) is 11.3. The Balaban J connectivity index is 0.000000309. The number of methoxy groups -OCH3 is 4. The summed E-state index contributed by atoms with van der Waals surface area (Å²) in [5.74, 6) is 4.49. The highest BCUT2D eigenvalue weighted by Crippen LogP contribution is 2.50. The van der Waals surface area contributed by atoms with E-state index in [1.807, 2.05) is 139 Å². The van der Waals surface area contributed by atoms with Gasteiger partial charge in [0.25, 0.3) is 0 Å². The molecule has 374 valence electrons. The average Bonchev–Trinajstić information content (AvgIpc) is 3.30. The van der Waals surface area contributed by atoms with E-state index in [0.29, 0.717) is 52.2 Å². The van der Waals surface area contributed by atoms with Gasteiger partial charge >= 0.3 is 0 Å². The van der Waals surface area contributed by atoms with Crippen LogP contribution in [0.4, 0.5) is 4.39 Å². The Morgan fingerprint density at radius 1 is 0.449 bits per heavy atom. The van der Waals surface area contributed by atoms with Crippen LogP contribution in [0, 0.1) is 0 Å². The Bertz CT molecular complexity index is 2520. The third-order valence-corrected chi connectivity index (χ3v) is 11.6. The van der Waals surface area contributed by atoms with Crippen molar-refractivity contribution in [1.29, 1.82) is 0 Å². The van der Waals surface area contributed by atoms with Gasteiger partial charge < -0.3 is 39.0 Å². The molecule has 69 heavy (non-hydrogen) atoms. The lowest BCUT2D eigenvalue weighted by molar-refractivity contribution is 0.297. The Labute approximate surface area is 418 Å². The maximum Gasteiger partial charge on any atom is 0.131 e. The Morgan fingerprint density at radius 2 is 0.725 bits per heavy atom. The van der Waals surface area contributed by atoms with Crippen LogP contribution in [-0.2, 0) is 34.1 Å². The minimum Gasteiger partial charge on any atom is -0.507 e. The minimum absolute atomic E-state index is 0.140. The number of phenols is 3. The van der Waals surface area contributed by atoms with Gasteiger partial charge in [0.15, 0.2) is 0 Å². The third kappa shape index (κ3) is 15.2. The fraction of sp³-hybridized carbons (Fsp3) is 0.390. The van der Waals surface area contributed by atoms with Gasteiger partial charge in [0.05, 0.1) is 37.0 Å². The van der Waals surface area contributed by atoms with Crippen LogP contribution in [-0.4, -0.2) is 50.9 Å². The Kier molecular flexibility index (Phi) is 19.7. The van der Waals surface area contributed by atoms with Crippen molar-refractivity contribution in [2.24, 2.45) is 0 Å². The van der Waals surface area contributed by atoms with Gasteiger partial charge in [-0.15, -0.1) is 11.6 Å². The Morgan fingerprint density at radius 3 is 1.00 bits per heavy atom. The molecule has 0 aromatic heterocycles. The van der Waals surface area contributed by atoms with Crippen molar-refractivity contribution in [3.8, 4) is 68.2 Å². The van der Waals surface area contributed by atoms with Crippen LogP contribution in [0.25, 0.3) is 22.3 Å². The van der Waals surface area contributed by atoms with Crippen LogP contribution >= 0.6 is 11.6 Å². The molecule has 6 aromatic rings. The van der Waals surface area contributed by atoms with Crippen molar-refractivity contribution in [2.75, 3.05) is 35.6 Å². The largest absolute Gasteiger partial charge is 0.507 e. The second kappa shape index (κ2) is 24.5. The molecule has 0 spiro atoms. The van der Waals surface area contributed by atoms with E-state index in [-0.39, 0.29) is 38.9 Å². The number of rotatable bonds is 10. The molecular formula is C59H76ClFO8. The highest BCUT2D eigenvalue weighted by atomic mass is 35.5. The summed E-state index contributed by atoms with van der Waals surface area (Å²) in [6.07, 6.45) is 0. The van der Waals surface area contributed by atoms with Crippen LogP contribution in [0.5, 0.6) is 46.0 Å². The predicted molar refractivity (Wildman–Crippen MR) is 284 cm³/mol. The number of hydrogen-bond acceptors (Lipinski definition) is 8. The molecule has 0 saturated heterocycles. The van der Waals surface area contributed by atoms with Crippen LogP contribution < -0.4 is 23.7 Å². The molecule has 10 heteroatoms. The van der Waals surface area contributed by atoms with Crippen LogP contribution in [0.2, 0.25) is 0 Å². The predicted octanol–water partition coefficient (Wildman–Crippen LogP) is 15.6. The SMILES string of the molecule is COc1cc(-c2cc(OC)cc(C(C)(C)C)c2O)c(O)c(C(C)(C)C)c1.COc1cc(-c2cc(OC)cc(C(C)(C)C)c2OCc2ccccc2)c(O)c(C(C)(C)C)c1.ClCc1ccccc1.[2H]CF. The number of benzene rings is 6. The van der Waals surface area contributed by atoms with Crippen LogP contribution in [0.15, 0.2) is 109 Å². The van der Waals surface area contributed by atoms with Crippen molar-refractivity contribution in [3.63, 3.8) is 0 Å². The number of alkyl halides is 2. The van der Waals surface area contributed by atoms with E-state index < -0.39 is 7.15 Å². The topological polar surface area (TPSA) is 107 Å². The fourth-order valence-electron chi connectivity index (χ4n) is 7.44. The smallest absolute Gasteiger partial charge is 0.131 e. The second-order valence-electron chi connectivity index (χ2n) is 20.7. The molecule has 0 heterocycles. The first-order chi connectivity index (χ1) is 32.7. The zero-order valence-electron chi connectivity index (χ0n) is 44.7. The van der Waals surface area contributed by atoms with Gasteiger partial charge in [-0.1, -0.05) is 144 Å². The highest BCUT2D eigenvalue weighted by molar-refractivity contribution is 6.17. The lowest BCUT2D eigenvalue weighted by Crippen LogP contribution is -2.15. The average molecular weight is 969 g/mol. The van der Waals surface area contributed by atoms with Crippen LogP contribution in [0.3, 0.4) is 0 Å². The summed E-state index contributed by atoms with van der Waals surface area (Å²) < 4.78 is 44.1.